The minimum atomic E-state index is -4.12. The summed E-state index contributed by atoms with van der Waals surface area (Å²) in [6.07, 6.45) is 1.05. The van der Waals surface area contributed by atoms with Gasteiger partial charge >= 0.3 is 5.51 Å². The highest BCUT2D eigenvalue weighted by Gasteiger charge is 2.29. The summed E-state index contributed by atoms with van der Waals surface area (Å²) in [6.45, 7) is 6.20. The van der Waals surface area contributed by atoms with Gasteiger partial charge in [-0.15, -0.1) is 0 Å². The van der Waals surface area contributed by atoms with Crippen LogP contribution in [0.4, 0.5) is 13.2 Å². The van der Waals surface area contributed by atoms with Gasteiger partial charge in [0.2, 0.25) is 0 Å². The number of alkyl halides is 3. The Morgan fingerprint density at radius 3 is 2.89 bits per heavy atom. The largest absolute Gasteiger partial charge is 0.441 e. The molecule has 0 radical (unpaired) electrons. The normalized spacial score (nSPS) is 22.3. The van der Waals surface area contributed by atoms with Gasteiger partial charge in [0.1, 0.15) is 0 Å². The molecule has 0 spiro atoms. The molecule has 0 bridgehead atoms. The highest BCUT2D eigenvalue weighted by molar-refractivity contribution is 8.00. The Bertz CT molecular complexity index is 229. The minimum Gasteiger partial charge on any atom is -0.378 e. The van der Waals surface area contributed by atoms with E-state index in [1.807, 2.05) is 0 Å². The van der Waals surface area contributed by atoms with Crippen LogP contribution in [0, 0.1) is 0 Å². The van der Waals surface area contributed by atoms with Crippen molar-refractivity contribution in [2.24, 2.45) is 0 Å². The van der Waals surface area contributed by atoms with Crippen molar-refractivity contribution >= 4 is 11.8 Å². The number of halogens is 3. The van der Waals surface area contributed by atoms with E-state index in [-0.39, 0.29) is 23.6 Å². The summed E-state index contributed by atoms with van der Waals surface area (Å²) in [5.41, 5.74) is -4.12. The maximum Gasteiger partial charge on any atom is 0.441 e. The Morgan fingerprint density at radius 2 is 2.22 bits per heavy atom. The molecule has 108 valence electrons. The molecule has 18 heavy (non-hydrogen) atoms. The second-order valence-electron chi connectivity index (χ2n) is 4.26. The molecule has 0 amide bonds. The van der Waals surface area contributed by atoms with Crippen molar-refractivity contribution in [1.29, 1.82) is 0 Å². The molecule has 1 saturated heterocycles. The molecule has 1 heterocycles. The van der Waals surface area contributed by atoms with E-state index in [0.717, 1.165) is 26.1 Å². The number of hydrogen-bond donors (Lipinski definition) is 1. The second-order valence-corrected chi connectivity index (χ2v) is 5.42. The second kappa shape index (κ2) is 8.24. The number of morpholine rings is 1. The van der Waals surface area contributed by atoms with Crippen molar-refractivity contribution in [1.82, 2.24) is 10.2 Å². The lowest BCUT2D eigenvalue weighted by Gasteiger charge is -2.35. The first-order valence-corrected chi connectivity index (χ1v) is 7.24. The Labute approximate surface area is 110 Å². The van der Waals surface area contributed by atoms with Gasteiger partial charge in [0.15, 0.2) is 0 Å². The summed E-state index contributed by atoms with van der Waals surface area (Å²) >= 11 is 0.0547. The van der Waals surface area contributed by atoms with Crippen LogP contribution in [-0.2, 0) is 4.74 Å². The van der Waals surface area contributed by atoms with Gasteiger partial charge in [-0.05, 0) is 24.7 Å². The molecule has 1 aliphatic rings. The third-order valence-corrected chi connectivity index (χ3v) is 3.51. The van der Waals surface area contributed by atoms with E-state index in [2.05, 4.69) is 17.1 Å². The van der Waals surface area contributed by atoms with E-state index >= 15 is 0 Å². The molecule has 0 aromatic rings. The van der Waals surface area contributed by atoms with Gasteiger partial charge in [0.05, 0.1) is 13.2 Å². The van der Waals surface area contributed by atoms with Crippen LogP contribution in [0.2, 0.25) is 0 Å². The van der Waals surface area contributed by atoms with Crippen molar-refractivity contribution in [3.8, 4) is 0 Å². The van der Waals surface area contributed by atoms with Gasteiger partial charge in [-0.3, -0.25) is 4.90 Å². The van der Waals surface area contributed by atoms with E-state index in [9.17, 15) is 13.2 Å². The summed E-state index contributed by atoms with van der Waals surface area (Å²) in [5, 5.41) is 3.29. The highest BCUT2D eigenvalue weighted by atomic mass is 32.2. The van der Waals surface area contributed by atoms with Gasteiger partial charge in [-0.25, -0.2) is 0 Å². The molecule has 0 aromatic carbocycles. The lowest BCUT2D eigenvalue weighted by Crippen LogP contribution is -2.51. The summed E-state index contributed by atoms with van der Waals surface area (Å²) in [5.74, 6) is 0.0910. The first-order valence-electron chi connectivity index (χ1n) is 6.26. The Kier molecular flexibility index (Phi) is 7.36. The fourth-order valence-electron chi connectivity index (χ4n) is 1.90. The Hall–Kier alpha value is 0.0200. The maximum absolute atomic E-state index is 12.1. The van der Waals surface area contributed by atoms with Crippen LogP contribution < -0.4 is 5.32 Å². The number of ether oxygens (including phenoxy) is 1. The molecule has 1 aliphatic heterocycles. The first kappa shape index (κ1) is 16.1. The van der Waals surface area contributed by atoms with Crippen molar-refractivity contribution in [2.45, 2.75) is 24.9 Å². The van der Waals surface area contributed by atoms with Crippen LogP contribution in [-0.4, -0.2) is 61.6 Å². The summed E-state index contributed by atoms with van der Waals surface area (Å²) < 4.78 is 41.6. The molecule has 1 rings (SSSR count). The average Bonchev–Trinajstić information content (AvgIpc) is 2.30. The molecule has 1 unspecified atom stereocenters. The number of thioether (sulfide) groups is 1. The third-order valence-electron chi connectivity index (χ3n) is 2.80. The van der Waals surface area contributed by atoms with E-state index in [4.69, 9.17) is 4.74 Å². The minimum absolute atomic E-state index is 0.0547. The average molecular weight is 286 g/mol. The SMILES string of the molecule is CCCNCC1COCCN1CCSC(F)(F)F. The number of nitrogens with zero attached hydrogens (tertiary/aromatic N) is 1. The highest BCUT2D eigenvalue weighted by Crippen LogP contribution is 2.30. The van der Waals surface area contributed by atoms with Crippen LogP contribution in [0.25, 0.3) is 0 Å². The standard InChI is InChI=1S/C11H21F3N2OS/c1-2-3-15-8-10-9-17-6-4-16(10)5-7-18-11(12,13)14/h10,15H,2-9H2,1H3. The molecule has 1 N–H and O–H groups in total. The fraction of sp³-hybridized carbons (Fsp3) is 1.00. The zero-order valence-electron chi connectivity index (χ0n) is 10.6. The molecule has 1 fully saturated rings. The van der Waals surface area contributed by atoms with Gasteiger partial charge in [-0.1, -0.05) is 6.92 Å². The predicted octanol–water partition coefficient (Wildman–Crippen LogP) is 1.94. The molecule has 0 aliphatic carbocycles. The molecule has 7 heteroatoms. The lowest BCUT2D eigenvalue weighted by molar-refractivity contribution is -0.0334. The summed E-state index contributed by atoms with van der Waals surface area (Å²) in [7, 11) is 0. The van der Waals surface area contributed by atoms with Gasteiger partial charge in [-0.2, -0.15) is 13.2 Å². The smallest absolute Gasteiger partial charge is 0.378 e. The van der Waals surface area contributed by atoms with Gasteiger partial charge in [0, 0.05) is 31.4 Å². The predicted molar refractivity (Wildman–Crippen MR) is 67.9 cm³/mol. The number of rotatable bonds is 7. The van der Waals surface area contributed by atoms with Crippen LogP contribution >= 0.6 is 11.8 Å². The molecule has 0 saturated carbocycles. The Morgan fingerprint density at radius 1 is 1.44 bits per heavy atom. The van der Waals surface area contributed by atoms with Gasteiger partial charge in [0.25, 0.3) is 0 Å². The van der Waals surface area contributed by atoms with E-state index in [0.29, 0.717) is 19.8 Å². The summed E-state index contributed by atoms with van der Waals surface area (Å²) in [6, 6.07) is 0.194. The van der Waals surface area contributed by atoms with Crippen molar-refractivity contribution in [2.75, 3.05) is 45.1 Å². The molecular formula is C11H21F3N2OS. The zero-order valence-corrected chi connectivity index (χ0v) is 11.4. The topological polar surface area (TPSA) is 24.5 Å². The van der Waals surface area contributed by atoms with E-state index in [1.54, 1.807) is 0 Å². The van der Waals surface area contributed by atoms with Crippen LogP contribution in [0.5, 0.6) is 0 Å². The van der Waals surface area contributed by atoms with Crippen molar-refractivity contribution in [3.05, 3.63) is 0 Å². The van der Waals surface area contributed by atoms with E-state index < -0.39 is 5.51 Å². The van der Waals surface area contributed by atoms with Crippen molar-refractivity contribution < 1.29 is 17.9 Å². The summed E-state index contributed by atoms with van der Waals surface area (Å²) in [4.78, 5) is 2.09. The van der Waals surface area contributed by atoms with Crippen LogP contribution in [0.3, 0.4) is 0 Å². The molecule has 1 atom stereocenters. The Balaban J connectivity index is 2.26. The molecular weight excluding hydrogens is 265 g/mol. The van der Waals surface area contributed by atoms with Crippen LogP contribution in [0.1, 0.15) is 13.3 Å². The lowest BCUT2D eigenvalue weighted by atomic mass is 10.2. The van der Waals surface area contributed by atoms with Crippen molar-refractivity contribution in [3.63, 3.8) is 0 Å². The quantitative estimate of drug-likeness (QED) is 0.723. The van der Waals surface area contributed by atoms with E-state index in [1.165, 1.54) is 0 Å². The monoisotopic (exact) mass is 286 g/mol. The molecule has 0 aromatic heterocycles. The third kappa shape index (κ3) is 6.82. The zero-order chi connectivity index (χ0) is 13.4. The fourth-order valence-corrected chi connectivity index (χ4v) is 2.45. The van der Waals surface area contributed by atoms with Gasteiger partial charge < -0.3 is 10.1 Å². The number of hydrogen-bond acceptors (Lipinski definition) is 4. The first-order chi connectivity index (χ1) is 8.53. The van der Waals surface area contributed by atoms with Crippen LogP contribution in [0.15, 0.2) is 0 Å². The maximum atomic E-state index is 12.1. The number of nitrogens with one attached hydrogen (secondary N) is 1. The molecule has 3 nitrogen and oxygen atoms in total.